The highest BCUT2D eigenvalue weighted by Crippen LogP contribution is 2.36. The Labute approximate surface area is 177 Å². The predicted molar refractivity (Wildman–Crippen MR) is 117 cm³/mol. The Balaban J connectivity index is 1.81. The minimum absolute atomic E-state index is 0.000977. The molecule has 156 valence electrons. The van der Waals surface area contributed by atoms with E-state index in [1.807, 2.05) is 32.9 Å². The first kappa shape index (κ1) is 20.7. The average molecular weight is 405 g/mol. The molecule has 2 N–H and O–H groups in total. The third-order valence-electron chi connectivity index (χ3n) is 6.70. The van der Waals surface area contributed by atoms with Gasteiger partial charge >= 0.3 is 0 Å². The van der Waals surface area contributed by atoms with Crippen molar-refractivity contribution in [1.82, 2.24) is 0 Å². The van der Waals surface area contributed by atoms with Crippen LogP contribution in [0.25, 0.3) is 6.08 Å². The Morgan fingerprint density at radius 3 is 2.23 bits per heavy atom. The quantitative estimate of drug-likeness (QED) is 0.747. The van der Waals surface area contributed by atoms with Crippen LogP contribution < -0.4 is 0 Å². The van der Waals surface area contributed by atoms with E-state index in [4.69, 9.17) is 0 Å². The Kier molecular flexibility index (Phi) is 5.48. The van der Waals surface area contributed by atoms with Crippen LogP contribution in [0.2, 0.25) is 0 Å². The molecule has 0 radical (unpaired) electrons. The molecule has 0 saturated carbocycles. The fourth-order valence-corrected chi connectivity index (χ4v) is 5.30. The van der Waals surface area contributed by atoms with Crippen LogP contribution in [0.3, 0.4) is 0 Å². The van der Waals surface area contributed by atoms with E-state index in [2.05, 4.69) is 6.07 Å². The number of rotatable bonds is 5. The third kappa shape index (κ3) is 3.24. The zero-order valence-corrected chi connectivity index (χ0v) is 17.9. The van der Waals surface area contributed by atoms with Gasteiger partial charge in [0.15, 0.2) is 11.6 Å². The molecule has 2 aliphatic rings. The maximum Gasteiger partial charge on any atom is 0.189 e. The summed E-state index contributed by atoms with van der Waals surface area (Å²) < 4.78 is 0. The maximum absolute atomic E-state index is 13.3. The second kappa shape index (κ2) is 7.93. The molecule has 0 saturated heterocycles. The lowest BCUT2D eigenvalue weighted by Crippen LogP contribution is -2.06. The van der Waals surface area contributed by atoms with Gasteiger partial charge in [-0.2, -0.15) is 0 Å². The van der Waals surface area contributed by atoms with Gasteiger partial charge < -0.3 is 10.2 Å². The van der Waals surface area contributed by atoms with Gasteiger partial charge in [0.05, 0.1) is 0 Å². The number of aliphatic hydroxyl groups excluding tert-OH is 2. The third-order valence-corrected chi connectivity index (χ3v) is 6.70. The van der Waals surface area contributed by atoms with Crippen molar-refractivity contribution >= 4 is 17.6 Å². The van der Waals surface area contributed by atoms with Gasteiger partial charge in [-0.1, -0.05) is 12.1 Å². The fraction of sp³-hybridized carbons (Fsp3) is 0.385. The second-order valence-electron chi connectivity index (χ2n) is 8.48. The molecule has 0 aliphatic heterocycles. The number of benzene rings is 2. The lowest BCUT2D eigenvalue weighted by atomic mass is 9.90. The van der Waals surface area contributed by atoms with Crippen LogP contribution in [0.1, 0.15) is 71.6 Å². The zero-order chi connectivity index (χ0) is 21.6. The van der Waals surface area contributed by atoms with E-state index in [0.717, 1.165) is 67.6 Å². The molecule has 0 amide bonds. The predicted octanol–water partition coefficient (Wildman–Crippen LogP) is 3.63. The molecule has 0 unspecified atom stereocenters. The van der Waals surface area contributed by atoms with Crippen molar-refractivity contribution in [2.75, 3.05) is 13.2 Å². The molecular weight excluding hydrogens is 376 g/mol. The summed E-state index contributed by atoms with van der Waals surface area (Å²) in [5.41, 5.74) is 10.4. The minimum Gasteiger partial charge on any atom is -0.396 e. The molecule has 2 aromatic rings. The summed E-state index contributed by atoms with van der Waals surface area (Å²) in [5, 5.41) is 19.0. The summed E-state index contributed by atoms with van der Waals surface area (Å²) in [7, 11) is 0. The molecule has 2 aliphatic carbocycles. The monoisotopic (exact) mass is 404 g/mol. The molecule has 0 fully saturated rings. The van der Waals surface area contributed by atoms with Crippen molar-refractivity contribution in [1.29, 1.82) is 0 Å². The highest BCUT2D eigenvalue weighted by molar-refractivity contribution is 6.16. The molecule has 4 heteroatoms. The van der Waals surface area contributed by atoms with Crippen LogP contribution in [0, 0.1) is 20.8 Å². The Bertz CT molecular complexity index is 1100. The van der Waals surface area contributed by atoms with Crippen LogP contribution in [-0.4, -0.2) is 35.0 Å². The van der Waals surface area contributed by atoms with E-state index in [9.17, 15) is 19.8 Å². The van der Waals surface area contributed by atoms with E-state index in [0.29, 0.717) is 25.7 Å². The lowest BCUT2D eigenvalue weighted by molar-refractivity contribution is 0.0992. The molecule has 0 atom stereocenters. The highest BCUT2D eigenvalue weighted by atomic mass is 16.3. The SMILES string of the molecule is Cc1cc2c(c(C)c1CCO)C(=O)/C(=C\c1cc3c(c(C)c1CCO)C(=O)CC3)C2. The maximum atomic E-state index is 13.3. The Morgan fingerprint density at radius 1 is 0.867 bits per heavy atom. The number of hydrogen-bond acceptors (Lipinski definition) is 4. The van der Waals surface area contributed by atoms with Gasteiger partial charge in [0.25, 0.3) is 0 Å². The first-order valence-corrected chi connectivity index (χ1v) is 10.6. The van der Waals surface area contributed by atoms with Gasteiger partial charge in [-0.15, -0.1) is 0 Å². The number of carbonyl (C=O) groups excluding carboxylic acids is 2. The van der Waals surface area contributed by atoms with Crippen LogP contribution in [0.4, 0.5) is 0 Å². The summed E-state index contributed by atoms with van der Waals surface area (Å²) >= 11 is 0. The number of carbonyl (C=O) groups is 2. The van der Waals surface area contributed by atoms with Crippen molar-refractivity contribution in [3.8, 4) is 0 Å². The van der Waals surface area contributed by atoms with Gasteiger partial charge in [0, 0.05) is 42.8 Å². The normalized spacial score (nSPS) is 16.5. The Morgan fingerprint density at radius 2 is 1.53 bits per heavy atom. The van der Waals surface area contributed by atoms with E-state index in [1.54, 1.807) is 0 Å². The molecular formula is C26H28O4. The standard InChI is InChI=1S/C26H28O4/c1-14-10-19-13-20(26(30)25(19)15(2)21(14)6-8-27)12-18-11-17-4-5-23(29)24(17)16(3)22(18)7-9-28/h10-12,27-28H,4-9,13H2,1-3H3/b20-12-. The first-order valence-electron chi connectivity index (χ1n) is 10.6. The summed E-state index contributed by atoms with van der Waals surface area (Å²) in [6.07, 6.45) is 4.83. The van der Waals surface area contributed by atoms with Crippen LogP contribution in [-0.2, 0) is 25.7 Å². The number of hydrogen-bond donors (Lipinski definition) is 2. The number of aryl methyl sites for hydroxylation is 2. The molecule has 0 bridgehead atoms. The highest BCUT2D eigenvalue weighted by Gasteiger charge is 2.30. The topological polar surface area (TPSA) is 74.6 Å². The number of Topliss-reactive ketones (excluding diaryl/α,β-unsaturated/α-hetero) is 2. The molecule has 2 aromatic carbocycles. The van der Waals surface area contributed by atoms with E-state index < -0.39 is 0 Å². The number of ketones is 2. The van der Waals surface area contributed by atoms with Crippen LogP contribution in [0.5, 0.6) is 0 Å². The molecule has 0 spiro atoms. The average Bonchev–Trinajstić information content (AvgIpc) is 3.22. The molecule has 30 heavy (non-hydrogen) atoms. The smallest absolute Gasteiger partial charge is 0.189 e. The molecule has 4 rings (SSSR count). The zero-order valence-electron chi connectivity index (χ0n) is 17.9. The summed E-state index contributed by atoms with van der Waals surface area (Å²) in [5.74, 6) is 0.221. The van der Waals surface area contributed by atoms with Crippen molar-refractivity contribution in [2.24, 2.45) is 0 Å². The van der Waals surface area contributed by atoms with Crippen molar-refractivity contribution in [3.63, 3.8) is 0 Å². The lowest BCUT2D eigenvalue weighted by Gasteiger charge is -2.14. The van der Waals surface area contributed by atoms with Crippen LogP contribution in [0.15, 0.2) is 17.7 Å². The molecule has 0 heterocycles. The van der Waals surface area contributed by atoms with Gasteiger partial charge in [-0.05, 0) is 90.6 Å². The number of fused-ring (bicyclic) bond motifs is 2. The van der Waals surface area contributed by atoms with Gasteiger partial charge in [0.2, 0.25) is 0 Å². The fourth-order valence-electron chi connectivity index (χ4n) is 5.30. The summed E-state index contributed by atoms with van der Waals surface area (Å²) in [6.45, 7) is 6.02. The first-order chi connectivity index (χ1) is 14.4. The van der Waals surface area contributed by atoms with Crippen molar-refractivity contribution in [2.45, 2.75) is 52.9 Å². The summed E-state index contributed by atoms with van der Waals surface area (Å²) in [4.78, 5) is 25.6. The van der Waals surface area contributed by atoms with E-state index in [1.165, 1.54) is 0 Å². The van der Waals surface area contributed by atoms with Gasteiger partial charge in [-0.25, -0.2) is 0 Å². The van der Waals surface area contributed by atoms with E-state index >= 15 is 0 Å². The van der Waals surface area contributed by atoms with Gasteiger partial charge in [-0.3, -0.25) is 9.59 Å². The molecule has 0 aromatic heterocycles. The second-order valence-corrected chi connectivity index (χ2v) is 8.48. The Hall–Kier alpha value is -2.56. The van der Waals surface area contributed by atoms with Crippen molar-refractivity contribution < 1.29 is 19.8 Å². The number of allylic oxidation sites excluding steroid dienone is 1. The van der Waals surface area contributed by atoms with Crippen molar-refractivity contribution in [3.05, 3.63) is 73.3 Å². The minimum atomic E-state index is 0.000977. The van der Waals surface area contributed by atoms with E-state index in [-0.39, 0.29) is 24.8 Å². The van der Waals surface area contributed by atoms with Gasteiger partial charge in [0.1, 0.15) is 0 Å². The number of aliphatic hydroxyl groups is 2. The van der Waals surface area contributed by atoms with Crippen LogP contribution >= 0.6 is 0 Å². The summed E-state index contributed by atoms with van der Waals surface area (Å²) in [6, 6.07) is 4.12. The molecule has 4 nitrogen and oxygen atoms in total. The largest absolute Gasteiger partial charge is 0.396 e.